The molecule has 0 radical (unpaired) electrons. The van der Waals surface area contributed by atoms with E-state index in [4.69, 9.17) is 11.1 Å². The Bertz CT molecular complexity index is 1140. The summed E-state index contributed by atoms with van der Waals surface area (Å²) in [6.45, 7) is 0. The number of halogens is 1. The number of hydrogen-bond acceptors (Lipinski definition) is 3. The van der Waals surface area contributed by atoms with Crippen molar-refractivity contribution in [2.45, 2.75) is 5.92 Å². The number of aromatic nitrogens is 1. The minimum Gasteiger partial charge on any atom is -0.508 e. The zero-order valence-electron chi connectivity index (χ0n) is 14.5. The zero-order chi connectivity index (χ0) is 19.8. The number of aromatic amines is 1. The zero-order valence-corrected chi connectivity index (χ0v) is 14.5. The van der Waals surface area contributed by atoms with Crippen molar-refractivity contribution in [1.82, 2.24) is 4.98 Å². The summed E-state index contributed by atoms with van der Waals surface area (Å²) >= 11 is 0. The van der Waals surface area contributed by atoms with Gasteiger partial charge in [-0.15, -0.1) is 0 Å². The normalized spacial score (nSPS) is 17.2. The number of phenols is 1. The number of nitrogens with two attached hydrogens (primary N) is 1. The Hall–Kier alpha value is -3.94. The lowest BCUT2D eigenvalue weighted by Gasteiger charge is -2.24. The minimum absolute atomic E-state index is 0.109. The Kier molecular flexibility index (Phi) is 4.15. The highest BCUT2D eigenvalue weighted by Crippen LogP contribution is 2.35. The molecule has 2 heterocycles. The van der Waals surface area contributed by atoms with E-state index in [1.165, 1.54) is 12.1 Å². The van der Waals surface area contributed by atoms with Crippen LogP contribution >= 0.6 is 0 Å². The van der Waals surface area contributed by atoms with Crippen LogP contribution in [0.2, 0.25) is 0 Å². The third-order valence-electron chi connectivity index (χ3n) is 4.56. The van der Waals surface area contributed by atoms with Gasteiger partial charge in [-0.2, -0.15) is 0 Å². The molecule has 6 N–H and O–H groups in total. The predicted octanol–water partition coefficient (Wildman–Crippen LogP) is 2.67. The number of fused-ring (bicyclic) bond motifs is 2. The fourth-order valence-electron chi connectivity index (χ4n) is 3.40. The Morgan fingerprint density at radius 2 is 1.96 bits per heavy atom. The van der Waals surface area contributed by atoms with Crippen molar-refractivity contribution < 1.29 is 14.3 Å². The molecule has 2 aromatic carbocycles. The van der Waals surface area contributed by atoms with E-state index in [-0.39, 0.29) is 11.3 Å². The molecule has 8 heteroatoms. The molecule has 4 rings (SSSR count). The van der Waals surface area contributed by atoms with E-state index in [1.54, 1.807) is 36.5 Å². The molecule has 7 nitrogen and oxygen atoms in total. The molecular weight excluding hydrogens is 361 g/mol. The van der Waals surface area contributed by atoms with Gasteiger partial charge in [0.1, 0.15) is 17.3 Å². The van der Waals surface area contributed by atoms with E-state index in [0.717, 1.165) is 6.07 Å². The van der Waals surface area contributed by atoms with Crippen molar-refractivity contribution >= 4 is 23.3 Å². The smallest absolute Gasteiger partial charge is 0.236 e. The van der Waals surface area contributed by atoms with Crippen LogP contribution in [0.1, 0.15) is 28.3 Å². The first-order valence-corrected chi connectivity index (χ1v) is 8.44. The van der Waals surface area contributed by atoms with Crippen LogP contribution in [0.25, 0.3) is 0 Å². The molecule has 0 aliphatic carbocycles. The van der Waals surface area contributed by atoms with Crippen LogP contribution in [0.4, 0.5) is 10.1 Å². The molecule has 140 valence electrons. The fraction of sp³-hybridized carbons (Fsp3) is 0.0500. The number of hydrogen-bond donors (Lipinski definition) is 5. The second-order valence-corrected chi connectivity index (χ2v) is 6.33. The monoisotopic (exact) mass is 377 g/mol. The summed E-state index contributed by atoms with van der Waals surface area (Å²) in [5, 5.41) is 19.9. The van der Waals surface area contributed by atoms with Crippen LogP contribution in [0, 0.1) is 11.2 Å². The first kappa shape index (κ1) is 17.5. The van der Waals surface area contributed by atoms with Crippen LogP contribution in [0.15, 0.2) is 59.7 Å². The van der Waals surface area contributed by atoms with E-state index in [9.17, 15) is 14.3 Å². The average molecular weight is 377 g/mol. The van der Waals surface area contributed by atoms with Crippen molar-refractivity contribution in [3.8, 4) is 5.75 Å². The second-order valence-electron chi connectivity index (χ2n) is 6.33. The number of nitrogens with one attached hydrogen (secondary N) is 3. The summed E-state index contributed by atoms with van der Waals surface area (Å²) in [7, 11) is 0. The van der Waals surface area contributed by atoms with E-state index >= 15 is 0 Å². The molecule has 1 aliphatic heterocycles. The second kappa shape index (κ2) is 6.66. The molecule has 3 aromatic rings. The minimum atomic E-state index is -0.993. The largest absolute Gasteiger partial charge is 0.508 e. The maximum Gasteiger partial charge on any atom is 0.236 e. The van der Waals surface area contributed by atoms with Gasteiger partial charge < -0.3 is 21.1 Å². The van der Waals surface area contributed by atoms with Crippen LogP contribution < -0.4 is 11.1 Å². The van der Waals surface area contributed by atoms with Crippen molar-refractivity contribution in [3.63, 3.8) is 0 Å². The number of aromatic hydroxyl groups is 1. The number of para-hydroxylation sites is 1. The molecule has 1 atom stereocenters. The lowest BCUT2D eigenvalue weighted by atomic mass is 9.86. The van der Waals surface area contributed by atoms with Gasteiger partial charge in [-0.25, -0.2) is 9.38 Å². The molecule has 0 fully saturated rings. The number of rotatable bonds is 1. The number of phenolic OH excluding ortho intramolecular Hbond substituents is 1. The summed E-state index contributed by atoms with van der Waals surface area (Å²) < 4.78 is 14.6. The van der Waals surface area contributed by atoms with Gasteiger partial charge >= 0.3 is 0 Å². The number of carbonyl (C=O) groups excluding carboxylic acids is 1. The quantitative estimate of drug-likeness (QED) is 0.330. The van der Waals surface area contributed by atoms with Gasteiger partial charge in [0.2, 0.25) is 11.9 Å². The van der Waals surface area contributed by atoms with E-state index in [2.05, 4.69) is 15.3 Å². The molecule has 28 heavy (non-hydrogen) atoms. The number of carbonyl (C=O) groups is 1. The average Bonchev–Trinajstić information content (AvgIpc) is 3.10. The summed E-state index contributed by atoms with van der Waals surface area (Å²) in [5.74, 6) is -2.76. The van der Waals surface area contributed by atoms with Gasteiger partial charge in [0, 0.05) is 23.4 Å². The fourth-order valence-corrected chi connectivity index (χ4v) is 3.40. The van der Waals surface area contributed by atoms with E-state index < -0.39 is 23.6 Å². The molecule has 0 spiro atoms. The lowest BCUT2D eigenvalue weighted by Crippen LogP contribution is -2.28. The maximum atomic E-state index is 14.6. The molecule has 1 aromatic heterocycles. The van der Waals surface area contributed by atoms with Crippen molar-refractivity contribution in [2.75, 3.05) is 5.32 Å². The summed E-state index contributed by atoms with van der Waals surface area (Å²) in [5.41, 5.74) is 8.00. The van der Waals surface area contributed by atoms with Gasteiger partial charge in [0.15, 0.2) is 0 Å². The number of aliphatic imine (C=N–C) groups is 1. The number of amides is 1. The van der Waals surface area contributed by atoms with Gasteiger partial charge in [0.25, 0.3) is 0 Å². The van der Waals surface area contributed by atoms with E-state index in [0.29, 0.717) is 28.2 Å². The lowest BCUT2D eigenvalue weighted by molar-refractivity contribution is -0.116. The number of benzene rings is 2. The number of nitrogens with zero attached hydrogens (tertiary/aromatic N) is 1. The first-order chi connectivity index (χ1) is 13.5. The number of anilines is 1. The SMILES string of the molecule is N=C(N)/N=C1/c2ccccc2NC(=O)C(c2ccc(O)cc2F)c2cc[nH]c21. The maximum absolute atomic E-state index is 14.6. The molecular formula is C20H16FN5O2. The Balaban J connectivity index is 2.00. The number of guanidine groups is 1. The summed E-state index contributed by atoms with van der Waals surface area (Å²) in [6, 6.07) is 12.3. The summed E-state index contributed by atoms with van der Waals surface area (Å²) in [6.07, 6.45) is 1.62. The highest BCUT2D eigenvalue weighted by atomic mass is 19.1. The van der Waals surface area contributed by atoms with E-state index in [1.807, 2.05) is 0 Å². The van der Waals surface area contributed by atoms with Gasteiger partial charge in [-0.1, -0.05) is 24.3 Å². The summed E-state index contributed by atoms with van der Waals surface area (Å²) in [4.78, 5) is 20.3. The van der Waals surface area contributed by atoms with Gasteiger partial charge in [-0.3, -0.25) is 10.2 Å². The third-order valence-corrected chi connectivity index (χ3v) is 4.56. The molecule has 0 saturated carbocycles. The van der Waals surface area contributed by atoms with Crippen LogP contribution in [0.5, 0.6) is 5.75 Å². The number of H-pyrrole nitrogens is 1. The Morgan fingerprint density at radius 3 is 2.71 bits per heavy atom. The third kappa shape index (κ3) is 2.90. The highest BCUT2D eigenvalue weighted by molar-refractivity contribution is 6.22. The molecule has 1 aliphatic rings. The van der Waals surface area contributed by atoms with Crippen LogP contribution in [-0.4, -0.2) is 27.7 Å². The highest BCUT2D eigenvalue weighted by Gasteiger charge is 2.33. The molecule has 1 amide bonds. The van der Waals surface area contributed by atoms with Gasteiger partial charge in [-0.05, 0) is 23.8 Å². The van der Waals surface area contributed by atoms with Crippen LogP contribution in [0.3, 0.4) is 0 Å². The standard InChI is InChI=1S/C20H16FN5O2/c21-14-9-10(27)5-6-11(14)16-13-7-8-24-17(13)18(26-20(22)23)12-3-1-2-4-15(12)25-19(16)28/h1-9,16,24,27H,(H3,22,23)(H,25,28)/b26-18-. The van der Waals surface area contributed by atoms with Crippen molar-refractivity contribution in [1.29, 1.82) is 5.41 Å². The van der Waals surface area contributed by atoms with Crippen molar-refractivity contribution in [2.24, 2.45) is 10.7 Å². The predicted molar refractivity (Wildman–Crippen MR) is 103 cm³/mol. The molecule has 0 bridgehead atoms. The van der Waals surface area contributed by atoms with Crippen molar-refractivity contribution in [3.05, 3.63) is 82.9 Å². The topological polar surface area (TPSA) is 127 Å². The van der Waals surface area contributed by atoms with Gasteiger partial charge in [0.05, 0.1) is 17.3 Å². The first-order valence-electron chi connectivity index (χ1n) is 8.44. The Morgan fingerprint density at radius 1 is 1.18 bits per heavy atom. The Labute approximate surface area is 159 Å². The molecule has 0 saturated heterocycles. The molecule has 1 unspecified atom stereocenters. The van der Waals surface area contributed by atoms with Crippen LogP contribution in [-0.2, 0) is 4.79 Å².